The van der Waals surface area contributed by atoms with Gasteiger partial charge in [-0.25, -0.2) is 0 Å². The summed E-state index contributed by atoms with van der Waals surface area (Å²) < 4.78 is 1.28. The molecule has 1 amide bonds. The molecule has 0 radical (unpaired) electrons. The minimum atomic E-state index is -0.308. The number of benzene rings is 2. The topological polar surface area (TPSA) is 73.1 Å². The van der Waals surface area contributed by atoms with Crippen LogP contribution in [0.5, 0.6) is 11.5 Å². The van der Waals surface area contributed by atoms with Crippen molar-refractivity contribution < 1.29 is 15.0 Å². The molecule has 0 spiro atoms. The number of phenolic OH excluding ortho intramolecular Hbond substituents is 2. The van der Waals surface area contributed by atoms with E-state index < -0.39 is 0 Å². The van der Waals surface area contributed by atoms with Crippen molar-refractivity contribution in [3.8, 4) is 11.5 Å². The van der Waals surface area contributed by atoms with Gasteiger partial charge >= 0.3 is 0 Å². The molecule has 25 heavy (non-hydrogen) atoms. The summed E-state index contributed by atoms with van der Waals surface area (Å²) in [6.45, 7) is 0. The Morgan fingerprint density at radius 3 is 2.44 bits per heavy atom. The third-order valence-electron chi connectivity index (χ3n) is 3.26. The maximum absolute atomic E-state index is 12.5. The van der Waals surface area contributed by atoms with Gasteiger partial charge < -0.3 is 10.2 Å². The van der Waals surface area contributed by atoms with E-state index in [2.05, 4.69) is 21.0 Å². The number of carbonyl (C=O) groups is 1. The van der Waals surface area contributed by atoms with Gasteiger partial charge in [0.1, 0.15) is 0 Å². The molecule has 0 unspecified atom stereocenters. The summed E-state index contributed by atoms with van der Waals surface area (Å²) in [6.07, 6.45) is 3.15. The average molecular weight is 435 g/mol. The lowest BCUT2D eigenvalue weighted by molar-refractivity contribution is -0.122. The van der Waals surface area contributed by atoms with Gasteiger partial charge in [0, 0.05) is 4.47 Å². The Morgan fingerprint density at radius 2 is 1.76 bits per heavy atom. The minimum absolute atomic E-state index is 0.222. The minimum Gasteiger partial charge on any atom is -0.504 e. The van der Waals surface area contributed by atoms with Gasteiger partial charge in [-0.3, -0.25) is 4.79 Å². The number of phenols is 2. The third-order valence-corrected chi connectivity index (χ3v) is 5.07. The zero-order chi connectivity index (χ0) is 18.0. The Morgan fingerprint density at radius 1 is 1.08 bits per heavy atom. The first kappa shape index (κ1) is 17.7. The van der Waals surface area contributed by atoms with Crippen molar-refractivity contribution in [2.45, 2.75) is 0 Å². The second kappa shape index (κ2) is 7.38. The van der Waals surface area contributed by atoms with E-state index in [4.69, 9.17) is 12.2 Å². The lowest BCUT2D eigenvalue weighted by atomic mass is 10.2. The number of hydrogen-bond donors (Lipinski definition) is 2. The number of thioether (sulfide) groups is 1. The molecule has 0 atom stereocenters. The van der Waals surface area contributed by atoms with Crippen LogP contribution in [-0.4, -0.2) is 31.7 Å². The van der Waals surface area contributed by atoms with Crippen LogP contribution in [0.1, 0.15) is 11.1 Å². The first-order chi connectivity index (χ1) is 11.9. The maximum atomic E-state index is 12.5. The maximum Gasteiger partial charge on any atom is 0.286 e. The first-order valence-electron chi connectivity index (χ1n) is 7.03. The van der Waals surface area contributed by atoms with Crippen molar-refractivity contribution in [2.75, 3.05) is 0 Å². The van der Waals surface area contributed by atoms with Gasteiger partial charge in [0.2, 0.25) is 0 Å². The molecule has 1 fully saturated rings. The molecule has 1 aliphatic rings. The van der Waals surface area contributed by atoms with Crippen molar-refractivity contribution >= 4 is 62.4 Å². The molecular formula is C17H11BrN2O3S2. The van der Waals surface area contributed by atoms with Crippen molar-refractivity contribution in [1.29, 1.82) is 0 Å². The number of rotatable bonds is 3. The predicted molar refractivity (Wildman–Crippen MR) is 107 cm³/mol. The molecular weight excluding hydrogens is 424 g/mol. The molecule has 0 aromatic heterocycles. The number of amides is 1. The van der Waals surface area contributed by atoms with Crippen molar-refractivity contribution in [1.82, 2.24) is 5.01 Å². The highest BCUT2D eigenvalue weighted by atomic mass is 79.9. The number of carbonyl (C=O) groups excluding carboxylic acids is 1. The fraction of sp³-hybridized carbons (Fsp3) is 0. The summed E-state index contributed by atoms with van der Waals surface area (Å²) in [7, 11) is 0. The summed E-state index contributed by atoms with van der Waals surface area (Å²) in [5.41, 5.74) is 1.41. The SMILES string of the molecule is O=C1/C(=C\c2ccc(Br)cc2)SC(=S)N1/N=C/c1ccc(O)c(O)c1. The molecule has 3 rings (SSSR count). The largest absolute Gasteiger partial charge is 0.504 e. The van der Waals surface area contributed by atoms with Crippen LogP contribution in [0.15, 0.2) is 56.9 Å². The van der Waals surface area contributed by atoms with Gasteiger partial charge in [-0.15, -0.1) is 0 Å². The van der Waals surface area contributed by atoms with Crippen LogP contribution in [0.3, 0.4) is 0 Å². The van der Waals surface area contributed by atoms with E-state index in [1.54, 1.807) is 12.1 Å². The number of nitrogens with zero attached hydrogens (tertiary/aromatic N) is 2. The molecule has 1 heterocycles. The molecule has 8 heteroatoms. The molecule has 1 saturated heterocycles. The van der Waals surface area contributed by atoms with Gasteiger partial charge in [0.05, 0.1) is 11.1 Å². The van der Waals surface area contributed by atoms with Crippen LogP contribution >= 0.6 is 39.9 Å². The highest BCUT2D eigenvalue weighted by Gasteiger charge is 2.32. The summed E-state index contributed by atoms with van der Waals surface area (Å²) in [4.78, 5) is 13.0. The number of hydrogen-bond acceptors (Lipinski definition) is 6. The number of aromatic hydroxyl groups is 2. The average Bonchev–Trinajstić information content (AvgIpc) is 2.84. The molecule has 5 nitrogen and oxygen atoms in total. The lowest BCUT2D eigenvalue weighted by Gasteiger charge is -2.06. The highest BCUT2D eigenvalue weighted by Crippen LogP contribution is 2.33. The van der Waals surface area contributed by atoms with Gasteiger partial charge in [-0.1, -0.05) is 39.8 Å². The standard InChI is InChI=1S/C17H11BrN2O3S2/c18-12-4-1-10(2-5-12)8-15-16(23)20(17(24)25-15)19-9-11-3-6-13(21)14(22)7-11/h1-9,21-22H/b15-8+,19-9+. The first-order valence-corrected chi connectivity index (χ1v) is 9.05. The smallest absolute Gasteiger partial charge is 0.286 e. The van der Waals surface area contributed by atoms with E-state index in [-0.39, 0.29) is 17.4 Å². The molecule has 2 aromatic carbocycles. The van der Waals surface area contributed by atoms with Crippen molar-refractivity contribution in [3.63, 3.8) is 0 Å². The van der Waals surface area contributed by atoms with E-state index >= 15 is 0 Å². The Kier molecular flexibility index (Phi) is 5.22. The van der Waals surface area contributed by atoms with Gasteiger partial charge in [-0.05, 0) is 59.8 Å². The van der Waals surface area contributed by atoms with Crippen LogP contribution in [0.2, 0.25) is 0 Å². The van der Waals surface area contributed by atoms with Crippen molar-refractivity contribution in [2.24, 2.45) is 5.10 Å². The van der Waals surface area contributed by atoms with Crippen molar-refractivity contribution in [3.05, 3.63) is 63.0 Å². The van der Waals surface area contributed by atoms with Crippen LogP contribution in [0, 0.1) is 0 Å². The molecule has 0 aliphatic carbocycles. The van der Waals surface area contributed by atoms with E-state index in [9.17, 15) is 15.0 Å². The Labute approximate surface area is 161 Å². The van der Waals surface area contributed by atoms with Gasteiger partial charge in [0.25, 0.3) is 5.91 Å². The second-order valence-electron chi connectivity index (χ2n) is 5.04. The van der Waals surface area contributed by atoms with E-state index in [1.165, 1.54) is 30.1 Å². The predicted octanol–water partition coefficient (Wildman–Crippen LogP) is 4.10. The van der Waals surface area contributed by atoms with Crippen LogP contribution in [-0.2, 0) is 4.79 Å². The summed E-state index contributed by atoms with van der Waals surface area (Å²) in [5.74, 6) is -0.790. The quantitative estimate of drug-likeness (QED) is 0.329. The monoisotopic (exact) mass is 434 g/mol. The second-order valence-corrected chi connectivity index (χ2v) is 7.63. The normalized spacial score (nSPS) is 16.4. The number of halogens is 1. The zero-order valence-corrected chi connectivity index (χ0v) is 15.8. The highest BCUT2D eigenvalue weighted by molar-refractivity contribution is 9.10. The molecule has 1 aliphatic heterocycles. The summed E-state index contributed by atoms with van der Waals surface area (Å²) in [6, 6.07) is 11.8. The summed E-state index contributed by atoms with van der Waals surface area (Å²) in [5, 5.41) is 24.0. The fourth-order valence-electron chi connectivity index (χ4n) is 2.01. The molecule has 126 valence electrons. The summed E-state index contributed by atoms with van der Waals surface area (Å²) >= 11 is 9.75. The van der Waals surface area contributed by atoms with Gasteiger partial charge in [0.15, 0.2) is 15.8 Å². The Bertz CT molecular complexity index is 911. The van der Waals surface area contributed by atoms with E-state index in [0.717, 1.165) is 15.0 Å². The lowest BCUT2D eigenvalue weighted by Crippen LogP contribution is -2.22. The van der Waals surface area contributed by atoms with Gasteiger partial charge in [-0.2, -0.15) is 10.1 Å². The zero-order valence-electron chi connectivity index (χ0n) is 12.6. The van der Waals surface area contributed by atoms with Crippen LogP contribution in [0.4, 0.5) is 0 Å². The number of hydrazone groups is 1. The molecule has 0 bridgehead atoms. The molecule has 2 N–H and O–H groups in total. The third kappa shape index (κ3) is 4.09. The van der Waals surface area contributed by atoms with E-state index in [1.807, 2.05) is 24.3 Å². The Hall–Kier alpha value is -2.16. The van der Waals surface area contributed by atoms with Crippen LogP contribution < -0.4 is 0 Å². The fourth-order valence-corrected chi connectivity index (χ4v) is 3.45. The van der Waals surface area contributed by atoms with E-state index in [0.29, 0.717) is 14.8 Å². The molecule has 2 aromatic rings. The van der Waals surface area contributed by atoms with Crippen LogP contribution in [0.25, 0.3) is 6.08 Å². The Balaban J connectivity index is 1.80. The molecule has 0 saturated carbocycles. The number of thiocarbonyl (C=S) groups is 1.